The van der Waals surface area contributed by atoms with Gasteiger partial charge in [0.1, 0.15) is 0 Å². The lowest BCUT2D eigenvalue weighted by molar-refractivity contribution is 0.0895. The van der Waals surface area contributed by atoms with E-state index >= 15 is 0 Å². The van der Waals surface area contributed by atoms with Crippen molar-refractivity contribution >= 4 is 11.6 Å². The quantitative estimate of drug-likeness (QED) is 0.782. The van der Waals surface area contributed by atoms with Crippen molar-refractivity contribution in [3.05, 3.63) is 24.0 Å². The fourth-order valence-corrected chi connectivity index (χ4v) is 1.52. The van der Waals surface area contributed by atoms with Crippen molar-refractivity contribution in [2.24, 2.45) is 0 Å². The third kappa shape index (κ3) is 3.71. The van der Waals surface area contributed by atoms with Gasteiger partial charge in [-0.15, -0.1) is 0 Å². The van der Waals surface area contributed by atoms with Crippen LogP contribution in [0.5, 0.6) is 0 Å². The Hall–Kier alpha value is -1.62. The Kier molecular flexibility index (Phi) is 5.42. The SMILES string of the molecule is CCC(COC)NC(=O)c1cnccc1NC. The first kappa shape index (κ1) is 13.4. The number of amides is 1. The second-order valence-corrected chi connectivity index (χ2v) is 3.71. The minimum Gasteiger partial charge on any atom is -0.387 e. The van der Waals surface area contributed by atoms with Crippen LogP contribution in [0.1, 0.15) is 23.7 Å². The van der Waals surface area contributed by atoms with Crippen molar-refractivity contribution in [3.63, 3.8) is 0 Å². The molecule has 0 bridgehead atoms. The summed E-state index contributed by atoms with van der Waals surface area (Å²) in [4.78, 5) is 16.0. The number of carbonyl (C=O) groups is 1. The van der Waals surface area contributed by atoms with E-state index in [4.69, 9.17) is 4.74 Å². The van der Waals surface area contributed by atoms with E-state index in [9.17, 15) is 4.79 Å². The summed E-state index contributed by atoms with van der Waals surface area (Å²) in [6.45, 7) is 2.52. The zero-order valence-corrected chi connectivity index (χ0v) is 10.5. The average molecular weight is 237 g/mol. The molecule has 1 rings (SSSR count). The summed E-state index contributed by atoms with van der Waals surface area (Å²) in [6.07, 6.45) is 4.03. The summed E-state index contributed by atoms with van der Waals surface area (Å²) in [5.74, 6) is -0.133. The number of nitrogens with zero attached hydrogens (tertiary/aromatic N) is 1. The molecule has 0 spiro atoms. The van der Waals surface area contributed by atoms with E-state index < -0.39 is 0 Å². The normalized spacial score (nSPS) is 11.9. The fourth-order valence-electron chi connectivity index (χ4n) is 1.52. The second kappa shape index (κ2) is 6.85. The predicted molar refractivity (Wildman–Crippen MR) is 67.2 cm³/mol. The maximum Gasteiger partial charge on any atom is 0.255 e. The standard InChI is InChI=1S/C12H19N3O2/c1-4-9(8-17-3)15-12(16)10-7-14-6-5-11(10)13-2/h5-7,9H,4,8H2,1-3H3,(H,13,14)(H,15,16). The summed E-state index contributed by atoms with van der Waals surface area (Å²) in [6, 6.07) is 1.80. The molecule has 5 nitrogen and oxygen atoms in total. The van der Waals surface area contributed by atoms with Gasteiger partial charge in [-0.3, -0.25) is 9.78 Å². The first-order chi connectivity index (χ1) is 8.22. The van der Waals surface area contributed by atoms with Crippen molar-refractivity contribution in [3.8, 4) is 0 Å². The van der Waals surface area contributed by atoms with Crippen molar-refractivity contribution in [1.29, 1.82) is 0 Å². The van der Waals surface area contributed by atoms with Crippen LogP contribution in [0, 0.1) is 0 Å². The molecule has 0 aromatic carbocycles. The van der Waals surface area contributed by atoms with Crippen molar-refractivity contribution < 1.29 is 9.53 Å². The van der Waals surface area contributed by atoms with Gasteiger partial charge in [0.25, 0.3) is 5.91 Å². The molecule has 1 amide bonds. The molecule has 0 aliphatic heterocycles. The number of anilines is 1. The molecule has 94 valence electrons. The van der Waals surface area contributed by atoms with Crippen molar-refractivity contribution in [2.45, 2.75) is 19.4 Å². The minimum absolute atomic E-state index is 0.0254. The van der Waals surface area contributed by atoms with Gasteiger partial charge in [-0.25, -0.2) is 0 Å². The number of methoxy groups -OCH3 is 1. The van der Waals surface area contributed by atoms with Gasteiger partial charge in [0, 0.05) is 32.2 Å². The van der Waals surface area contributed by atoms with Crippen LogP contribution < -0.4 is 10.6 Å². The van der Waals surface area contributed by atoms with Gasteiger partial charge >= 0.3 is 0 Å². The monoisotopic (exact) mass is 237 g/mol. The van der Waals surface area contributed by atoms with Crippen LogP contribution in [0.15, 0.2) is 18.5 Å². The zero-order chi connectivity index (χ0) is 12.7. The number of carbonyl (C=O) groups excluding carboxylic acids is 1. The minimum atomic E-state index is -0.133. The third-order valence-electron chi connectivity index (χ3n) is 2.53. The number of hydrogen-bond donors (Lipinski definition) is 2. The zero-order valence-electron chi connectivity index (χ0n) is 10.5. The molecule has 1 heterocycles. The lowest BCUT2D eigenvalue weighted by Gasteiger charge is -2.16. The fraction of sp³-hybridized carbons (Fsp3) is 0.500. The number of ether oxygens (including phenoxy) is 1. The summed E-state index contributed by atoms with van der Waals surface area (Å²) >= 11 is 0. The lowest BCUT2D eigenvalue weighted by Crippen LogP contribution is -2.37. The molecule has 1 atom stereocenters. The molecule has 1 aromatic rings. The summed E-state index contributed by atoms with van der Waals surface area (Å²) in [5, 5.41) is 5.88. The number of rotatable bonds is 6. The van der Waals surface area contributed by atoms with E-state index in [2.05, 4.69) is 15.6 Å². The Morgan fingerprint density at radius 1 is 1.59 bits per heavy atom. The first-order valence-corrected chi connectivity index (χ1v) is 5.64. The van der Waals surface area contributed by atoms with Crippen molar-refractivity contribution in [1.82, 2.24) is 10.3 Å². The number of hydrogen-bond acceptors (Lipinski definition) is 4. The smallest absolute Gasteiger partial charge is 0.255 e. The van der Waals surface area contributed by atoms with Gasteiger partial charge in [-0.2, -0.15) is 0 Å². The number of aromatic nitrogens is 1. The molecule has 2 N–H and O–H groups in total. The summed E-state index contributed by atoms with van der Waals surface area (Å²) in [5.41, 5.74) is 1.31. The van der Waals surface area contributed by atoms with Gasteiger partial charge in [0.2, 0.25) is 0 Å². The Balaban J connectivity index is 2.75. The molecule has 5 heteroatoms. The van der Waals surface area contributed by atoms with Crippen LogP contribution in [-0.4, -0.2) is 37.7 Å². The third-order valence-corrected chi connectivity index (χ3v) is 2.53. The molecule has 0 saturated heterocycles. The van der Waals surface area contributed by atoms with E-state index in [1.807, 2.05) is 6.92 Å². The van der Waals surface area contributed by atoms with E-state index in [-0.39, 0.29) is 11.9 Å². The molecule has 1 aromatic heterocycles. The highest BCUT2D eigenvalue weighted by Crippen LogP contribution is 2.12. The predicted octanol–water partition coefficient (Wildman–Crippen LogP) is 1.28. The maximum atomic E-state index is 12.0. The van der Waals surface area contributed by atoms with Crippen LogP contribution in [-0.2, 0) is 4.74 Å². The molecular formula is C12H19N3O2. The van der Waals surface area contributed by atoms with Gasteiger partial charge < -0.3 is 15.4 Å². The Labute approximate surface area is 102 Å². The molecule has 0 saturated carbocycles. The van der Waals surface area contributed by atoms with Crippen LogP contribution in [0.25, 0.3) is 0 Å². The van der Waals surface area contributed by atoms with Crippen molar-refractivity contribution in [2.75, 3.05) is 26.1 Å². The molecule has 0 radical (unpaired) electrons. The molecule has 1 unspecified atom stereocenters. The first-order valence-electron chi connectivity index (χ1n) is 5.64. The topological polar surface area (TPSA) is 63.2 Å². The Morgan fingerprint density at radius 2 is 2.35 bits per heavy atom. The highest BCUT2D eigenvalue weighted by Gasteiger charge is 2.14. The van der Waals surface area contributed by atoms with E-state index in [0.717, 1.165) is 12.1 Å². The van der Waals surface area contributed by atoms with Crippen LogP contribution in [0.2, 0.25) is 0 Å². The maximum absolute atomic E-state index is 12.0. The highest BCUT2D eigenvalue weighted by atomic mass is 16.5. The van der Waals surface area contributed by atoms with E-state index in [1.54, 1.807) is 32.6 Å². The second-order valence-electron chi connectivity index (χ2n) is 3.71. The molecule has 0 aliphatic carbocycles. The molecule has 0 fully saturated rings. The van der Waals surface area contributed by atoms with Crippen LogP contribution in [0.4, 0.5) is 5.69 Å². The Bertz CT molecular complexity index is 369. The average Bonchev–Trinajstić information content (AvgIpc) is 2.38. The van der Waals surface area contributed by atoms with E-state index in [0.29, 0.717) is 12.2 Å². The lowest BCUT2D eigenvalue weighted by atomic mass is 10.2. The number of nitrogens with one attached hydrogen (secondary N) is 2. The number of pyridine rings is 1. The largest absolute Gasteiger partial charge is 0.387 e. The molecular weight excluding hydrogens is 218 g/mol. The Morgan fingerprint density at radius 3 is 2.94 bits per heavy atom. The highest BCUT2D eigenvalue weighted by molar-refractivity contribution is 5.99. The van der Waals surface area contributed by atoms with Gasteiger partial charge in [0.15, 0.2) is 0 Å². The van der Waals surface area contributed by atoms with E-state index in [1.165, 1.54) is 0 Å². The molecule has 0 aliphatic rings. The van der Waals surface area contributed by atoms with Gasteiger partial charge in [0.05, 0.1) is 18.2 Å². The van der Waals surface area contributed by atoms with Gasteiger partial charge in [-0.1, -0.05) is 6.92 Å². The van der Waals surface area contributed by atoms with Gasteiger partial charge in [-0.05, 0) is 12.5 Å². The van der Waals surface area contributed by atoms with Crippen LogP contribution >= 0.6 is 0 Å². The summed E-state index contributed by atoms with van der Waals surface area (Å²) in [7, 11) is 3.40. The molecule has 17 heavy (non-hydrogen) atoms. The van der Waals surface area contributed by atoms with Crippen LogP contribution in [0.3, 0.4) is 0 Å². The summed E-state index contributed by atoms with van der Waals surface area (Å²) < 4.78 is 5.04.